The van der Waals surface area contributed by atoms with Gasteiger partial charge in [-0.15, -0.1) is 0 Å². The first-order valence-electron chi connectivity index (χ1n) is 9.33. The number of hydrogen-bond donors (Lipinski definition) is 2. The van der Waals surface area contributed by atoms with Gasteiger partial charge in [-0.05, 0) is 37.8 Å². The summed E-state index contributed by atoms with van der Waals surface area (Å²) in [5, 5.41) is 3.11. The minimum atomic E-state index is -0.395. The van der Waals surface area contributed by atoms with Gasteiger partial charge in [0, 0.05) is 25.6 Å². The lowest BCUT2D eigenvalue weighted by atomic mass is 9.86. The molecule has 1 aromatic rings. The van der Waals surface area contributed by atoms with E-state index in [1.165, 1.54) is 0 Å². The molecule has 0 saturated carbocycles. The van der Waals surface area contributed by atoms with Crippen molar-refractivity contribution in [1.82, 2.24) is 10.2 Å². The first-order valence-corrected chi connectivity index (χ1v) is 9.33. The second kappa shape index (κ2) is 9.03. The monoisotopic (exact) mass is 361 g/mol. The number of nitrogens with one attached hydrogen (secondary N) is 1. The third-order valence-electron chi connectivity index (χ3n) is 5.43. The maximum atomic E-state index is 12.6. The molecule has 1 saturated heterocycles. The zero-order valence-corrected chi connectivity index (χ0v) is 16.0. The fourth-order valence-corrected chi connectivity index (χ4v) is 2.96. The number of ether oxygens (including phenoxy) is 1. The summed E-state index contributed by atoms with van der Waals surface area (Å²) in [4.78, 5) is 26.6. The Morgan fingerprint density at radius 2 is 1.88 bits per heavy atom. The van der Waals surface area contributed by atoms with Crippen LogP contribution < -0.4 is 15.8 Å². The summed E-state index contributed by atoms with van der Waals surface area (Å²) in [6.07, 6.45) is 1.34. The molecular formula is C20H31N3O3. The molecule has 1 aliphatic rings. The van der Waals surface area contributed by atoms with Gasteiger partial charge in [0.1, 0.15) is 5.75 Å². The van der Waals surface area contributed by atoms with E-state index in [1.807, 2.05) is 37.3 Å². The van der Waals surface area contributed by atoms with Crippen LogP contribution in [0.15, 0.2) is 30.3 Å². The van der Waals surface area contributed by atoms with Crippen molar-refractivity contribution in [3.8, 4) is 5.75 Å². The zero-order valence-electron chi connectivity index (χ0n) is 16.0. The molecule has 0 bridgehead atoms. The lowest BCUT2D eigenvalue weighted by Crippen LogP contribution is -2.57. The molecule has 2 amide bonds. The lowest BCUT2D eigenvalue weighted by Gasteiger charge is -2.37. The molecule has 6 heteroatoms. The number of nitrogens with zero attached hydrogens (tertiary/aromatic N) is 1. The molecule has 3 N–H and O–H groups in total. The van der Waals surface area contributed by atoms with Gasteiger partial charge in [0.15, 0.2) is 6.61 Å². The highest BCUT2D eigenvalue weighted by atomic mass is 16.5. The van der Waals surface area contributed by atoms with Gasteiger partial charge in [0.2, 0.25) is 5.91 Å². The number of carbonyl (C=O) groups excluding carboxylic acids is 2. The van der Waals surface area contributed by atoms with Crippen LogP contribution in [0, 0.1) is 11.8 Å². The Labute approximate surface area is 156 Å². The molecule has 1 aromatic carbocycles. The van der Waals surface area contributed by atoms with E-state index in [2.05, 4.69) is 19.2 Å². The van der Waals surface area contributed by atoms with Gasteiger partial charge in [-0.25, -0.2) is 0 Å². The van der Waals surface area contributed by atoms with Crippen molar-refractivity contribution in [2.45, 2.75) is 39.2 Å². The molecule has 6 nitrogen and oxygen atoms in total. The number of carbonyl (C=O) groups is 2. The maximum Gasteiger partial charge on any atom is 0.260 e. The number of rotatable bonds is 7. The van der Waals surface area contributed by atoms with Crippen LogP contribution in [-0.4, -0.2) is 48.5 Å². The van der Waals surface area contributed by atoms with E-state index in [-0.39, 0.29) is 30.3 Å². The van der Waals surface area contributed by atoms with E-state index in [0.717, 1.165) is 0 Å². The molecule has 144 valence electrons. The van der Waals surface area contributed by atoms with E-state index >= 15 is 0 Å². The van der Waals surface area contributed by atoms with Crippen molar-refractivity contribution in [2.75, 3.05) is 26.2 Å². The predicted molar refractivity (Wildman–Crippen MR) is 102 cm³/mol. The Morgan fingerprint density at radius 3 is 2.42 bits per heavy atom. The molecule has 1 unspecified atom stereocenters. The van der Waals surface area contributed by atoms with Crippen LogP contribution in [0.3, 0.4) is 0 Å². The number of hydrogen-bond acceptors (Lipinski definition) is 4. The molecule has 1 aliphatic heterocycles. The third-order valence-corrected chi connectivity index (χ3v) is 5.43. The molecule has 26 heavy (non-hydrogen) atoms. The summed E-state index contributed by atoms with van der Waals surface area (Å²) >= 11 is 0. The van der Waals surface area contributed by atoms with Crippen molar-refractivity contribution in [1.29, 1.82) is 0 Å². The summed E-state index contributed by atoms with van der Waals surface area (Å²) in [6.45, 7) is 7.69. The highest BCUT2D eigenvalue weighted by molar-refractivity contribution is 5.81. The van der Waals surface area contributed by atoms with Gasteiger partial charge in [0.25, 0.3) is 5.91 Å². The summed E-state index contributed by atoms with van der Waals surface area (Å²) in [5.74, 6) is 0.873. The predicted octanol–water partition coefficient (Wildman–Crippen LogP) is 1.79. The average Bonchev–Trinajstić information content (AvgIpc) is 2.66. The SMILES string of the molecule is CC(C)C(C)(CN)NC(=O)C1CCN(C(=O)COc2ccccc2)CC1. The molecule has 0 radical (unpaired) electrons. The lowest BCUT2D eigenvalue weighted by molar-refractivity contribution is -0.137. The first-order chi connectivity index (χ1) is 12.4. The highest BCUT2D eigenvalue weighted by Crippen LogP contribution is 2.21. The van der Waals surface area contributed by atoms with E-state index in [1.54, 1.807) is 4.90 Å². The summed E-state index contributed by atoms with van der Waals surface area (Å²) in [7, 11) is 0. The number of nitrogens with two attached hydrogens (primary N) is 1. The molecule has 1 fully saturated rings. The highest BCUT2D eigenvalue weighted by Gasteiger charge is 2.33. The van der Waals surface area contributed by atoms with Gasteiger partial charge in [-0.1, -0.05) is 32.0 Å². The van der Waals surface area contributed by atoms with E-state index in [4.69, 9.17) is 10.5 Å². The molecule has 1 atom stereocenters. The normalized spacial score (nSPS) is 17.7. The van der Waals surface area contributed by atoms with Crippen LogP contribution in [0.25, 0.3) is 0 Å². The van der Waals surface area contributed by atoms with Crippen molar-refractivity contribution >= 4 is 11.8 Å². The van der Waals surface area contributed by atoms with E-state index in [9.17, 15) is 9.59 Å². The van der Waals surface area contributed by atoms with Crippen molar-refractivity contribution in [2.24, 2.45) is 17.6 Å². The summed E-state index contributed by atoms with van der Waals surface area (Å²) in [6, 6.07) is 9.30. The number of amides is 2. The van der Waals surface area contributed by atoms with Gasteiger partial charge >= 0.3 is 0 Å². The standard InChI is InChI=1S/C20H31N3O3/c1-15(2)20(3,14-21)22-19(25)16-9-11-23(12-10-16)18(24)13-26-17-7-5-4-6-8-17/h4-8,15-16H,9-14,21H2,1-3H3,(H,22,25). The van der Waals surface area contributed by atoms with Gasteiger partial charge in [-0.3, -0.25) is 9.59 Å². The van der Waals surface area contributed by atoms with Crippen LogP contribution in [0.5, 0.6) is 5.75 Å². The minimum absolute atomic E-state index is 0.0273. The van der Waals surface area contributed by atoms with Crippen LogP contribution in [0.2, 0.25) is 0 Å². The zero-order chi connectivity index (χ0) is 19.2. The number of likely N-dealkylation sites (tertiary alicyclic amines) is 1. The Balaban J connectivity index is 1.79. The second-order valence-corrected chi connectivity index (χ2v) is 7.52. The molecule has 1 heterocycles. The minimum Gasteiger partial charge on any atom is -0.484 e. The first kappa shape index (κ1) is 20.2. The van der Waals surface area contributed by atoms with Crippen LogP contribution in [-0.2, 0) is 9.59 Å². The third kappa shape index (κ3) is 5.21. The Morgan fingerprint density at radius 1 is 1.27 bits per heavy atom. The van der Waals surface area contributed by atoms with Gasteiger partial charge in [0.05, 0.1) is 5.54 Å². The maximum absolute atomic E-state index is 12.6. The molecular weight excluding hydrogens is 330 g/mol. The number of para-hydroxylation sites is 1. The fourth-order valence-electron chi connectivity index (χ4n) is 2.96. The molecule has 0 aromatic heterocycles. The molecule has 2 rings (SSSR count). The topological polar surface area (TPSA) is 84.7 Å². The quantitative estimate of drug-likeness (QED) is 0.775. The number of piperidine rings is 1. The summed E-state index contributed by atoms with van der Waals surface area (Å²) < 4.78 is 5.52. The largest absolute Gasteiger partial charge is 0.484 e. The Hall–Kier alpha value is -2.08. The van der Waals surface area contributed by atoms with Crippen LogP contribution in [0.1, 0.15) is 33.6 Å². The number of benzene rings is 1. The van der Waals surface area contributed by atoms with Crippen LogP contribution >= 0.6 is 0 Å². The Bertz CT molecular complexity index is 598. The fraction of sp³-hybridized carbons (Fsp3) is 0.600. The second-order valence-electron chi connectivity index (χ2n) is 7.52. The van der Waals surface area contributed by atoms with Gasteiger partial charge in [-0.2, -0.15) is 0 Å². The Kier molecular flexibility index (Phi) is 7.03. The van der Waals surface area contributed by atoms with Crippen molar-refractivity contribution in [3.63, 3.8) is 0 Å². The molecule has 0 spiro atoms. The van der Waals surface area contributed by atoms with Crippen molar-refractivity contribution < 1.29 is 14.3 Å². The summed E-state index contributed by atoms with van der Waals surface area (Å²) in [5.41, 5.74) is 5.45. The van der Waals surface area contributed by atoms with Crippen LogP contribution in [0.4, 0.5) is 0 Å². The van der Waals surface area contributed by atoms with Crippen molar-refractivity contribution in [3.05, 3.63) is 30.3 Å². The average molecular weight is 361 g/mol. The smallest absolute Gasteiger partial charge is 0.260 e. The van der Waals surface area contributed by atoms with Gasteiger partial charge < -0.3 is 20.7 Å². The van der Waals surface area contributed by atoms with E-state index in [0.29, 0.717) is 38.2 Å². The van der Waals surface area contributed by atoms with E-state index < -0.39 is 5.54 Å². The molecule has 0 aliphatic carbocycles.